The number of fused-ring (bicyclic) bond motifs is 1. The number of hydrogen-bond donors (Lipinski definition) is 3. The summed E-state index contributed by atoms with van der Waals surface area (Å²) in [5.74, 6) is -0.320. The van der Waals surface area contributed by atoms with Crippen LogP contribution < -0.4 is 10.1 Å². The molecule has 11 heteroatoms. The number of allylic oxidation sites excluding steroid dienone is 4. The fourth-order valence-electron chi connectivity index (χ4n) is 11.9. The average molecular weight is 789 g/mol. The second kappa shape index (κ2) is 13.6. The van der Waals surface area contributed by atoms with Gasteiger partial charge < -0.3 is 25.2 Å². The smallest absolute Gasteiger partial charge is 0.406 e. The number of benzene rings is 2. The van der Waals surface area contributed by atoms with Crippen molar-refractivity contribution in [2.75, 3.05) is 6.54 Å². The molecule has 2 amide bonds. The van der Waals surface area contributed by atoms with Crippen molar-refractivity contribution in [3.63, 3.8) is 0 Å². The van der Waals surface area contributed by atoms with Gasteiger partial charge in [-0.1, -0.05) is 74.5 Å². The van der Waals surface area contributed by atoms with Crippen molar-refractivity contribution in [1.82, 2.24) is 10.2 Å². The number of thiophene rings is 1. The van der Waals surface area contributed by atoms with Gasteiger partial charge in [-0.25, -0.2) is 4.79 Å². The Balaban J connectivity index is 1.15. The van der Waals surface area contributed by atoms with Crippen LogP contribution >= 0.6 is 11.3 Å². The summed E-state index contributed by atoms with van der Waals surface area (Å²) in [4.78, 5) is 32.4. The first-order chi connectivity index (χ1) is 26.4. The van der Waals surface area contributed by atoms with Crippen molar-refractivity contribution in [1.29, 1.82) is 0 Å². The van der Waals surface area contributed by atoms with Crippen molar-refractivity contribution < 1.29 is 37.7 Å². The molecule has 3 fully saturated rings. The number of aliphatic hydroxyl groups excluding tert-OH is 1. The van der Waals surface area contributed by atoms with Gasteiger partial charge in [0.05, 0.1) is 29.2 Å². The Labute approximate surface area is 330 Å². The third-order valence-electron chi connectivity index (χ3n) is 14.8. The zero-order valence-corrected chi connectivity index (χ0v) is 33.2. The molecule has 1 unspecified atom stereocenters. The van der Waals surface area contributed by atoms with Gasteiger partial charge >= 0.3 is 12.4 Å². The number of alkyl halides is 3. The summed E-state index contributed by atoms with van der Waals surface area (Å²) in [6, 6.07) is 18.2. The number of aryl methyl sites for hydroxylation is 1. The van der Waals surface area contributed by atoms with Crippen LogP contribution in [0.2, 0.25) is 0 Å². The van der Waals surface area contributed by atoms with E-state index in [0.29, 0.717) is 42.5 Å². The van der Waals surface area contributed by atoms with E-state index in [1.165, 1.54) is 35.6 Å². The predicted octanol–water partition coefficient (Wildman–Crippen LogP) is 9.70. The van der Waals surface area contributed by atoms with Gasteiger partial charge in [-0.2, -0.15) is 0 Å². The van der Waals surface area contributed by atoms with Crippen LogP contribution in [0.5, 0.6) is 5.75 Å². The monoisotopic (exact) mass is 788 g/mol. The highest BCUT2D eigenvalue weighted by atomic mass is 32.1. The number of aliphatic hydroxyl groups is 2. The highest BCUT2D eigenvalue weighted by Gasteiger charge is 2.74. The van der Waals surface area contributed by atoms with Gasteiger partial charge in [-0.3, -0.25) is 4.79 Å². The number of ether oxygens (including phenoxy) is 1. The molecule has 6 aliphatic carbocycles. The molecular formula is C45H51F3N2O5S. The normalized spacial score (nSPS) is 34.8. The minimum atomic E-state index is -4.83. The summed E-state index contributed by atoms with van der Waals surface area (Å²) in [6.07, 6.45) is 6.16. The van der Waals surface area contributed by atoms with Crippen molar-refractivity contribution in [3.8, 4) is 5.75 Å². The van der Waals surface area contributed by atoms with E-state index in [4.69, 9.17) is 0 Å². The molecule has 9 rings (SSSR count). The van der Waals surface area contributed by atoms with E-state index < -0.39 is 40.3 Å². The maximum absolute atomic E-state index is 14.8. The number of carbonyl (C=O) groups excluding carboxylic acids is 2. The van der Waals surface area contributed by atoms with Gasteiger partial charge in [0.25, 0.3) is 0 Å². The standard InChI is InChI=1S/C45H51F3N2O5S/c1-28-10-15-35(56-28)38(52)34-25-42-22-23-44(34)36(40(42,3)19-16-32(51)24-42)17-20-41(4)37(44)18-21-43(41,54)27-50(39(53)49-29(2)31-8-6-5-7-9-31)26-30-11-13-33(14-12-30)55-45(46,47)48/h5-15,22-23,25,29,32,36-37,51,54H,16-21,24,26-27H2,1-4H3,(H,49,53)/t29-,32?,36-,37-,40-,41+,42+,43-,44-/m1/s1. The molecule has 3 N–H and O–H groups in total. The fraction of sp³-hybridized carbons (Fsp3) is 0.511. The third-order valence-corrected chi connectivity index (χ3v) is 15.8. The number of Topliss-reactive ketones (excluding diaryl/α,β-unsaturated/α-hetero) is 1. The molecule has 2 spiro atoms. The number of nitrogens with zero attached hydrogens (tertiary/aromatic N) is 1. The zero-order chi connectivity index (χ0) is 39.9. The van der Waals surface area contributed by atoms with Crippen LogP contribution in [-0.4, -0.2) is 51.5 Å². The number of nitrogens with one attached hydrogen (secondary N) is 1. The van der Waals surface area contributed by atoms with E-state index in [0.717, 1.165) is 28.9 Å². The quantitative estimate of drug-likeness (QED) is 0.148. The number of carbonyl (C=O) groups is 2. The fourth-order valence-corrected chi connectivity index (χ4v) is 12.7. The summed E-state index contributed by atoms with van der Waals surface area (Å²) in [6.45, 7) is 8.41. The largest absolute Gasteiger partial charge is 0.573 e. The topological polar surface area (TPSA) is 99.1 Å². The van der Waals surface area contributed by atoms with E-state index in [9.17, 15) is 33.0 Å². The Bertz CT molecular complexity index is 2070. The predicted molar refractivity (Wildman–Crippen MR) is 209 cm³/mol. The summed E-state index contributed by atoms with van der Waals surface area (Å²) >= 11 is 1.49. The van der Waals surface area contributed by atoms with E-state index >= 15 is 0 Å². The van der Waals surface area contributed by atoms with Gasteiger partial charge in [0.1, 0.15) is 5.75 Å². The molecule has 0 radical (unpaired) electrons. The van der Waals surface area contributed by atoms with Crippen LogP contribution in [0.25, 0.3) is 0 Å². The minimum absolute atomic E-state index is 0.0108. The SMILES string of the molecule is Cc1ccc(C(=O)C2=C[C@@]34C=C[C@@]25[C@@H]2CC[C@@](O)(CN(Cc6ccc(OC(F)(F)F)cc6)C(=O)N[C@H](C)c6ccccc6)[C@@]2(C)CC[C@@H]5[C@@]3(C)CCC(O)C4)s1. The molecule has 0 saturated heterocycles. The summed E-state index contributed by atoms with van der Waals surface area (Å²) in [7, 11) is 0. The molecule has 298 valence electrons. The molecule has 0 aliphatic heterocycles. The van der Waals surface area contributed by atoms with Crippen LogP contribution in [0.1, 0.15) is 97.4 Å². The molecule has 3 aromatic rings. The molecule has 9 atom stereocenters. The molecule has 3 saturated carbocycles. The molecular weight excluding hydrogens is 738 g/mol. The molecule has 1 aromatic heterocycles. The van der Waals surface area contributed by atoms with Crippen molar-refractivity contribution in [3.05, 3.63) is 111 Å². The summed E-state index contributed by atoms with van der Waals surface area (Å²) in [5, 5.41) is 27.3. The maximum Gasteiger partial charge on any atom is 0.573 e. The van der Waals surface area contributed by atoms with Gasteiger partial charge in [0.2, 0.25) is 0 Å². The molecule has 7 nitrogen and oxygen atoms in total. The van der Waals surface area contributed by atoms with Crippen LogP contribution in [0.4, 0.5) is 18.0 Å². The second-order valence-corrected chi connectivity index (χ2v) is 19.0. The number of amides is 2. The summed E-state index contributed by atoms with van der Waals surface area (Å²) < 4.78 is 42.9. The lowest BCUT2D eigenvalue weighted by molar-refractivity contribution is -0.274. The van der Waals surface area contributed by atoms with Crippen LogP contribution in [0.3, 0.4) is 0 Å². The van der Waals surface area contributed by atoms with Crippen LogP contribution in [0, 0.1) is 40.4 Å². The molecule has 6 aliphatic rings. The van der Waals surface area contributed by atoms with Crippen molar-refractivity contribution in [2.45, 2.75) is 103 Å². The molecule has 56 heavy (non-hydrogen) atoms. The number of urea groups is 1. The highest BCUT2D eigenvalue weighted by Crippen LogP contribution is 2.78. The molecule has 2 aromatic carbocycles. The average Bonchev–Trinajstić information content (AvgIpc) is 3.71. The number of halogens is 3. The van der Waals surface area contributed by atoms with Crippen LogP contribution in [0.15, 0.2) is 90.5 Å². The Morgan fingerprint density at radius 2 is 1.62 bits per heavy atom. The lowest BCUT2D eigenvalue weighted by atomic mass is 9.32. The first-order valence-electron chi connectivity index (χ1n) is 19.8. The van der Waals surface area contributed by atoms with Crippen molar-refractivity contribution in [2.24, 2.45) is 33.5 Å². The van der Waals surface area contributed by atoms with Gasteiger partial charge in [-0.05, 0) is 111 Å². The number of hydrogen-bond acceptors (Lipinski definition) is 6. The Morgan fingerprint density at radius 3 is 2.30 bits per heavy atom. The summed E-state index contributed by atoms with van der Waals surface area (Å²) in [5.41, 5.74) is -1.04. The van der Waals surface area contributed by atoms with Crippen molar-refractivity contribution >= 4 is 23.2 Å². The van der Waals surface area contributed by atoms with E-state index in [1.54, 1.807) is 4.90 Å². The van der Waals surface area contributed by atoms with Gasteiger partial charge in [0, 0.05) is 33.2 Å². The molecule has 1 heterocycles. The van der Waals surface area contributed by atoms with Crippen LogP contribution in [-0.2, 0) is 6.54 Å². The Kier molecular flexibility index (Phi) is 9.44. The third kappa shape index (κ3) is 6.14. The second-order valence-electron chi connectivity index (χ2n) is 17.7. The Hall–Kier alpha value is -3.93. The number of rotatable bonds is 9. The Morgan fingerprint density at radius 1 is 0.946 bits per heavy atom. The van der Waals surface area contributed by atoms with Gasteiger partial charge in [-0.15, -0.1) is 24.5 Å². The molecule has 2 bridgehead atoms. The maximum atomic E-state index is 14.8. The van der Waals surface area contributed by atoms with E-state index in [1.807, 2.05) is 56.3 Å². The highest BCUT2D eigenvalue weighted by molar-refractivity contribution is 7.14. The first kappa shape index (κ1) is 38.9. The zero-order valence-electron chi connectivity index (χ0n) is 32.4. The number of ketones is 1. The van der Waals surface area contributed by atoms with Gasteiger partial charge in [0.15, 0.2) is 5.78 Å². The van der Waals surface area contributed by atoms with E-state index in [2.05, 4.69) is 42.1 Å². The lowest BCUT2D eigenvalue weighted by Gasteiger charge is -2.71. The lowest BCUT2D eigenvalue weighted by Crippen LogP contribution is -2.67. The first-order valence-corrected chi connectivity index (χ1v) is 20.6. The minimum Gasteiger partial charge on any atom is -0.406 e. The van der Waals surface area contributed by atoms with E-state index in [-0.39, 0.29) is 47.9 Å².